The molecule has 0 aromatic carbocycles. The van der Waals surface area contributed by atoms with Gasteiger partial charge in [-0.1, -0.05) is 12.1 Å². The summed E-state index contributed by atoms with van der Waals surface area (Å²) in [4.78, 5) is 20.6. The smallest absolute Gasteiger partial charge is 0.143 e. The Hall–Kier alpha value is -2.83. The molecule has 0 saturated carbocycles. The standard InChI is InChI=1S/C18H20N6O/c1-5-15-21-17(16-11(3)23-25-12(16)4)10(2)18(22-15)24-8-13-14(9-24)20-7-6-19-13/h6-7H,5,8-9H2,1-4H3. The summed E-state index contributed by atoms with van der Waals surface area (Å²) in [5.74, 6) is 2.52. The number of aromatic nitrogens is 5. The molecule has 0 saturated heterocycles. The molecule has 0 amide bonds. The van der Waals surface area contributed by atoms with E-state index in [9.17, 15) is 0 Å². The van der Waals surface area contributed by atoms with E-state index in [1.54, 1.807) is 12.4 Å². The van der Waals surface area contributed by atoms with Gasteiger partial charge in [0.05, 0.1) is 41.4 Å². The zero-order chi connectivity index (χ0) is 17.6. The third-order valence-electron chi connectivity index (χ3n) is 4.59. The van der Waals surface area contributed by atoms with Crippen molar-refractivity contribution < 1.29 is 4.52 Å². The molecule has 1 aliphatic heterocycles. The van der Waals surface area contributed by atoms with E-state index in [0.29, 0.717) is 13.1 Å². The molecule has 0 unspecified atom stereocenters. The molecule has 0 radical (unpaired) electrons. The summed E-state index contributed by atoms with van der Waals surface area (Å²) in [5.41, 5.74) is 5.76. The first-order valence-corrected chi connectivity index (χ1v) is 8.43. The average Bonchev–Trinajstić information content (AvgIpc) is 3.18. The third-order valence-corrected chi connectivity index (χ3v) is 4.59. The Balaban J connectivity index is 1.83. The van der Waals surface area contributed by atoms with Gasteiger partial charge in [0.2, 0.25) is 0 Å². The van der Waals surface area contributed by atoms with E-state index < -0.39 is 0 Å². The van der Waals surface area contributed by atoms with Crippen LogP contribution in [0, 0.1) is 20.8 Å². The normalized spacial score (nSPS) is 13.4. The van der Waals surface area contributed by atoms with E-state index in [-0.39, 0.29) is 0 Å². The first-order valence-electron chi connectivity index (χ1n) is 8.43. The fourth-order valence-corrected chi connectivity index (χ4v) is 3.31. The lowest BCUT2D eigenvalue weighted by Gasteiger charge is -2.21. The zero-order valence-electron chi connectivity index (χ0n) is 14.9. The average molecular weight is 336 g/mol. The topological polar surface area (TPSA) is 80.8 Å². The van der Waals surface area contributed by atoms with Crippen LogP contribution in [0.2, 0.25) is 0 Å². The molecule has 0 spiro atoms. The van der Waals surface area contributed by atoms with Crippen LogP contribution in [0.5, 0.6) is 0 Å². The molecule has 3 aromatic rings. The van der Waals surface area contributed by atoms with Gasteiger partial charge in [0.15, 0.2) is 0 Å². The third kappa shape index (κ3) is 2.56. The van der Waals surface area contributed by atoms with Crippen LogP contribution in [-0.4, -0.2) is 25.1 Å². The molecule has 0 fully saturated rings. The number of hydrogen-bond acceptors (Lipinski definition) is 7. The first kappa shape index (κ1) is 15.7. The minimum atomic E-state index is 0.714. The number of fused-ring (bicyclic) bond motifs is 1. The molecule has 0 N–H and O–H groups in total. The van der Waals surface area contributed by atoms with E-state index in [1.165, 1.54) is 0 Å². The lowest BCUT2D eigenvalue weighted by Crippen LogP contribution is -2.19. The molecule has 1 aliphatic rings. The summed E-state index contributed by atoms with van der Waals surface area (Å²) in [6.07, 6.45) is 4.24. The molecular weight excluding hydrogens is 316 g/mol. The predicted octanol–water partition coefficient (Wildman–Crippen LogP) is 2.93. The summed E-state index contributed by atoms with van der Waals surface area (Å²) in [6.45, 7) is 9.41. The number of rotatable bonds is 3. The maximum Gasteiger partial charge on any atom is 0.143 e. The van der Waals surface area contributed by atoms with Crippen LogP contribution >= 0.6 is 0 Å². The number of nitrogens with zero attached hydrogens (tertiary/aromatic N) is 6. The molecule has 0 aliphatic carbocycles. The van der Waals surface area contributed by atoms with Gasteiger partial charge < -0.3 is 9.42 Å². The van der Waals surface area contributed by atoms with Crippen molar-refractivity contribution in [1.82, 2.24) is 25.1 Å². The van der Waals surface area contributed by atoms with Crippen molar-refractivity contribution in [2.45, 2.75) is 47.2 Å². The maximum absolute atomic E-state index is 5.35. The van der Waals surface area contributed by atoms with Gasteiger partial charge >= 0.3 is 0 Å². The van der Waals surface area contributed by atoms with E-state index in [1.807, 2.05) is 13.8 Å². The molecule has 128 valence electrons. The van der Waals surface area contributed by atoms with Gasteiger partial charge in [-0.3, -0.25) is 9.97 Å². The lowest BCUT2D eigenvalue weighted by atomic mass is 10.1. The second-order valence-electron chi connectivity index (χ2n) is 6.30. The largest absolute Gasteiger partial charge is 0.361 e. The van der Waals surface area contributed by atoms with E-state index >= 15 is 0 Å². The lowest BCUT2D eigenvalue weighted by molar-refractivity contribution is 0.393. The van der Waals surface area contributed by atoms with Crippen molar-refractivity contribution in [3.8, 4) is 11.3 Å². The minimum Gasteiger partial charge on any atom is -0.361 e. The van der Waals surface area contributed by atoms with Crippen molar-refractivity contribution in [3.05, 3.63) is 46.6 Å². The van der Waals surface area contributed by atoms with Crippen LogP contribution < -0.4 is 4.90 Å². The fourth-order valence-electron chi connectivity index (χ4n) is 3.31. The van der Waals surface area contributed by atoms with Crippen molar-refractivity contribution in [2.75, 3.05) is 4.90 Å². The van der Waals surface area contributed by atoms with Gasteiger partial charge in [-0.05, 0) is 20.8 Å². The summed E-state index contributed by atoms with van der Waals surface area (Å²) >= 11 is 0. The van der Waals surface area contributed by atoms with Gasteiger partial charge in [0.1, 0.15) is 17.4 Å². The van der Waals surface area contributed by atoms with Crippen LogP contribution in [0.4, 0.5) is 5.82 Å². The summed E-state index contributed by atoms with van der Waals surface area (Å²) in [6, 6.07) is 0. The SMILES string of the molecule is CCc1nc(-c2c(C)noc2C)c(C)c(N2Cc3nccnc3C2)n1. The highest BCUT2D eigenvalue weighted by atomic mass is 16.5. The zero-order valence-corrected chi connectivity index (χ0v) is 14.9. The molecule has 25 heavy (non-hydrogen) atoms. The highest BCUT2D eigenvalue weighted by Gasteiger charge is 2.27. The Bertz CT molecular complexity index is 904. The van der Waals surface area contributed by atoms with Crippen molar-refractivity contribution >= 4 is 5.82 Å². The second-order valence-corrected chi connectivity index (χ2v) is 6.30. The van der Waals surface area contributed by atoms with Crippen molar-refractivity contribution in [1.29, 1.82) is 0 Å². The van der Waals surface area contributed by atoms with Gasteiger partial charge in [0, 0.05) is 24.4 Å². The number of anilines is 1. The van der Waals surface area contributed by atoms with Gasteiger partial charge in [-0.2, -0.15) is 0 Å². The fraction of sp³-hybridized carbons (Fsp3) is 0.389. The second kappa shape index (κ2) is 5.91. The Labute approximate surface area is 146 Å². The van der Waals surface area contributed by atoms with Crippen LogP contribution in [-0.2, 0) is 19.5 Å². The molecule has 4 heterocycles. The van der Waals surface area contributed by atoms with E-state index in [0.717, 1.165) is 57.7 Å². The van der Waals surface area contributed by atoms with E-state index in [4.69, 9.17) is 14.5 Å². The first-order chi connectivity index (χ1) is 12.1. The Morgan fingerprint density at radius 3 is 2.28 bits per heavy atom. The Morgan fingerprint density at radius 2 is 1.72 bits per heavy atom. The molecule has 4 rings (SSSR count). The van der Waals surface area contributed by atoms with Gasteiger partial charge in [0.25, 0.3) is 0 Å². The molecular formula is C18H20N6O. The maximum atomic E-state index is 5.35. The van der Waals surface area contributed by atoms with Crippen LogP contribution in [0.25, 0.3) is 11.3 Å². The minimum absolute atomic E-state index is 0.714. The van der Waals surface area contributed by atoms with Gasteiger partial charge in [-0.25, -0.2) is 9.97 Å². The summed E-state index contributed by atoms with van der Waals surface area (Å²) in [5, 5.41) is 4.08. The molecule has 3 aromatic heterocycles. The highest BCUT2D eigenvalue weighted by molar-refractivity contribution is 5.72. The quantitative estimate of drug-likeness (QED) is 0.727. The van der Waals surface area contributed by atoms with Gasteiger partial charge in [-0.15, -0.1) is 0 Å². The molecule has 7 nitrogen and oxygen atoms in total. The number of hydrogen-bond donors (Lipinski definition) is 0. The van der Waals surface area contributed by atoms with Crippen LogP contribution in [0.15, 0.2) is 16.9 Å². The Morgan fingerprint density at radius 1 is 1.04 bits per heavy atom. The summed E-state index contributed by atoms with van der Waals surface area (Å²) < 4.78 is 5.35. The van der Waals surface area contributed by atoms with Crippen molar-refractivity contribution in [2.24, 2.45) is 0 Å². The molecule has 0 bridgehead atoms. The van der Waals surface area contributed by atoms with Crippen molar-refractivity contribution in [3.63, 3.8) is 0 Å². The summed E-state index contributed by atoms with van der Waals surface area (Å²) in [7, 11) is 0. The van der Waals surface area contributed by atoms with Crippen LogP contribution in [0.1, 0.15) is 41.2 Å². The molecule has 0 atom stereocenters. The highest BCUT2D eigenvalue weighted by Crippen LogP contribution is 2.34. The number of aryl methyl sites for hydroxylation is 3. The molecule has 7 heteroatoms. The predicted molar refractivity (Wildman–Crippen MR) is 93.0 cm³/mol. The monoisotopic (exact) mass is 336 g/mol. The Kier molecular flexibility index (Phi) is 3.71. The van der Waals surface area contributed by atoms with Crippen LogP contribution in [0.3, 0.4) is 0 Å². The van der Waals surface area contributed by atoms with E-state index in [2.05, 4.69) is 33.9 Å².